The second-order valence-corrected chi connectivity index (χ2v) is 10.5. The molecule has 0 fully saturated rings. The van der Waals surface area contributed by atoms with Crippen molar-refractivity contribution in [3.8, 4) is 50.3 Å². The lowest BCUT2D eigenvalue weighted by molar-refractivity contribution is 0.399. The average molecular weight is 632 g/mol. The van der Waals surface area contributed by atoms with Crippen LogP contribution in [0.4, 0.5) is 5.69 Å². The van der Waals surface area contributed by atoms with E-state index in [2.05, 4.69) is 113 Å². The zero-order chi connectivity index (χ0) is 35.0. The van der Waals surface area contributed by atoms with Gasteiger partial charge in [0.2, 0.25) is 0 Å². The summed E-state index contributed by atoms with van der Waals surface area (Å²) in [5, 5.41) is 23.9. The van der Waals surface area contributed by atoms with Gasteiger partial charge in [-0.2, -0.15) is 0 Å². The van der Waals surface area contributed by atoms with E-state index in [0.717, 1.165) is 59.7 Å². The summed E-state index contributed by atoms with van der Waals surface area (Å²) in [7, 11) is 2.00. The van der Waals surface area contributed by atoms with Gasteiger partial charge >= 0.3 is 0 Å². The van der Waals surface area contributed by atoms with Crippen molar-refractivity contribution in [2.24, 2.45) is 0 Å². The summed E-state index contributed by atoms with van der Waals surface area (Å²) < 4.78 is 0. The number of allylic oxidation sites excluding steroid dienone is 4. The van der Waals surface area contributed by atoms with Gasteiger partial charge in [-0.3, -0.25) is 0 Å². The van der Waals surface area contributed by atoms with Crippen molar-refractivity contribution >= 4 is 5.69 Å². The van der Waals surface area contributed by atoms with E-state index in [1.807, 2.05) is 49.4 Å². The molecular weight excluding hydrogens is 578 g/mol. The molecule has 47 heavy (non-hydrogen) atoms. The molecule has 0 radical (unpaired) electrons. The van der Waals surface area contributed by atoms with Gasteiger partial charge < -0.3 is 21.1 Å². The summed E-state index contributed by atoms with van der Waals surface area (Å²) in [5.41, 5.74) is 17.0. The second-order valence-electron chi connectivity index (χ2n) is 10.5. The van der Waals surface area contributed by atoms with Gasteiger partial charge in [0, 0.05) is 19.9 Å². The molecule has 0 saturated heterocycles. The summed E-state index contributed by atoms with van der Waals surface area (Å²) in [5.74, 6) is 0.271. The Morgan fingerprint density at radius 1 is 0.553 bits per heavy atom. The van der Waals surface area contributed by atoms with Crippen LogP contribution in [0.1, 0.15) is 46.1 Å². The van der Waals surface area contributed by atoms with Gasteiger partial charge in [0.15, 0.2) is 0 Å². The first-order valence-electron chi connectivity index (χ1n) is 16.0. The van der Waals surface area contributed by atoms with Crippen LogP contribution >= 0.6 is 0 Å². The van der Waals surface area contributed by atoms with Crippen molar-refractivity contribution in [3.63, 3.8) is 0 Å². The number of hydrogen-bond acceptors (Lipinski definition) is 4. The van der Waals surface area contributed by atoms with Crippen LogP contribution in [0.5, 0.6) is 5.75 Å². The highest BCUT2D eigenvalue weighted by Gasteiger charge is 2.11. The monoisotopic (exact) mass is 631 g/mol. The first-order valence-corrected chi connectivity index (χ1v) is 16.0. The summed E-state index contributed by atoms with van der Waals surface area (Å²) in [6.45, 7) is 10.5. The van der Waals surface area contributed by atoms with Crippen LogP contribution in [0.3, 0.4) is 0 Å². The Morgan fingerprint density at radius 3 is 1.53 bits per heavy atom. The highest BCUT2D eigenvalue weighted by molar-refractivity contribution is 5.87. The van der Waals surface area contributed by atoms with Gasteiger partial charge in [-0.25, -0.2) is 0 Å². The predicted octanol–water partition coefficient (Wildman–Crippen LogP) is 11.1. The van der Waals surface area contributed by atoms with E-state index in [1.165, 1.54) is 23.1 Å². The highest BCUT2D eigenvalue weighted by atomic mass is 16.3. The first kappa shape index (κ1) is 40.1. The Morgan fingerprint density at radius 2 is 1.02 bits per heavy atom. The number of phenolic OH excluding ortho intramolecular Hbond substituents is 1. The number of aliphatic hydroxyl groups excluding tert-OH is 2. The van der Waals surface area contributed by atoms with Crippen LogP contribution in [0.15, 0.2) is 140 Å². The molecule has 248 valence electrons. The predicted molar refractivity (Wildman–Crippen MR) is 205 cm³/mol. The van der Waals surface area contributed by atoms with E-state index in [4.69, 9.17) is 15.9 Å². The summed E-state index contributed by atoms with van der Waals surface area (Å²) >= 11 is 0. The van der Waals surface area contributed by atoms with E-state index in [0.29, 0.717) is 0 Å². The number of nitrogens with two attached hydrogens (primary N) is 1. The Bertz CT molecular complexity index is 1650. The number of aromatic hydroxyl groups is 1. The topological polar surface area (TPSA) is 86.7 Å². The first-order chi connectivity index (χ1) is 22.9. The fraction of sp³-hybridized carbons (Fsp3) is 0.209. The van der Waals surface area contributed by atoms with E-state index in [-0.39, 0.29) is 5.75 Å². The Kier molecular flexibility index (Phi) is 20.0. The van der Waals surface area contributed by atoms with Crippen molar-refractivity contribution in [1.29, 1.82) is 0 Å². The van der Waals surface area contributed by atoms with Gasteiger partial charge in [-0.15, -0.1) is 0 Å². The minimum atomic E-state index is 0.271. The van der Waals surface area contributed by atoms with Crippen LogP contribution in [0.2, 0.25) is 0 Å². The van der Waals surface area contributed by atoms with Crippen molar-refractivity contribution in [1.82, 2.24) is 0 Å². The third-order valence-electron chi connectivity index (χ3n) is 6.60. The summed E-state index contributed by atoms with van der Waals surface area (Å²) in [6, 6.07) is 39.1. The van der Waals surface area contributed by atoms with E-state index < -0.39 is 0 Å². The fourth-order valence-electron chi connectivity index (χ4n) is 4.61. The van der Waals surface area contributed by atoms with Gasteiger partial charge in [0.1, 0.15) is 5.75 Å². The van der Waals surface area contributed by atoms with E-state index >= 15 is 0 Å². The largest absolute Gasteiger partial charge is 0.508 e. The number of hydrogen-bond donors (Lipinski definition) is 4. The normalized spacial score (nSPS) is 9.98. The third kappa shape index (κ3) is 13.5. The van der Waals surface area contributed by atoms with Gasteiger partial charge in [0.05, 0.1) is 0 Å². The van der Waals surface area contributed by atoms with Crippen molar-refractivity contribution in [2.45, 2.75) is 47.5 Å². The molecule has 0 aliphatic rings. The van der Waals surface area contributed by atoms with Crippen molar-refractivity contribution < 1.29 is 15.3 Å². The summed E-state index contributed by atoms with van der Waals surface area (Å²) in [4.78, 5) is 0. The van der Waals surface area contributed by atoms with Crippen LogP contribution < -0.4 is 5.73 Å². The SMILES string of the molecule is C/C=C\C=C/CC.CCC.CO.CO.Cc1ccc(-c2cccc(-c3cccc(N)c3)c2)c(-c2cccc(-c3cccc(O)c3)c2)c1. The lowest BCUT2D eigenvalue weighted by Crippen LogP contribution is -1.89. The fourth-order valence-corrected chi connectivity index (χ4v) is 4.61. The molecule has 0 saturated carbocycles. The van der Waals surface area contributed by atoms with Crippen LogP contribution in [-0.2, 0) is 0 Å². The zero-order valence-electron chi connectivity index (χ0n) is 29.1. The van der Waals surface area contributed by atoms with Crippen molar-refractivity contribution in [2.75, 3.05) is 20.0 Å². The van der Waals surface area contributed by atoms with Gasteiger partial charge in [-0.05, 0) is 101 Å². The number of aryl methyl sites for hydroxylation is 1. The number of nitrogen functional groups attached to an aromatic ring is 1. The molecule has 5 rings (SSSR count). The number of aliphatic hydroxyl groups is 2. The molecule has 0 aliphatic heterocycles. The van der Waals surface area contributed by atoms with Crippen LogP contribution in [0, 0.1) is 6.92 Å². The molecule has 0 aromatic heterocycles. The maximum absolute atomic E-state index is 9.92. The zero-order valence-corrected chi connectivity index (χ0v) is 29.1. The molecule has 5 aromatic rings. The van der Waals surface area contributed by atoms with Gasteiger partial charge in [-0.1, -0.05) is 136 Å². The molecule has 0 amide bonds. The maximum atomic E-state index is 9.92. The van der Waals surface area contributed by atoms with E-state index in [9.17, 15) is 5.11 Å². The number of phenols is 1. The molecule has 0 aliphatic carbocycles. The van der Waals surface area contributed by atoms with Crippen LogP contribution in [-0.4, -0.2) is 29.5 Å². The molecule has 0 spiro atoms. The maximum Gasteiger partial charge on any atom is 0.116 e. The molecule has 5 N–H and O–H groups in total. The molecule has 0 unspecified atom stereocenters. The van der Waals surface area contributed by atoms with Crippen molar-refractivity contribution in [3.05, 3.63) is 145 Å². The lowest BCUT2D eigenvalue weighted by Gasteiger charge is -2.14. The number of rotatable bonds is 6. The molecule has 0 bridgehead atoms. The Labute approximate surface area is 283 Å². The van der Waals surface area contributed by atoms with E-state index in [1.54, 1.807) is 12.1 Å². The Hall–Kier alpha value is -4.90. The molecule has 4 heteroatoms. The second kappa shape index (κ2) is 23.4. The lowest BCUT2D eigenvalue weighted by atomic mass is 9.90. The average Bonchev–Trinajstić information content (AvgIpc) is 3.11. The summed E-state index contributed by atoms with van der Waals surface area (Å²) in [6.07, 6.45) is 10.6. The molecule has 0 heterocycles. The molecule has 4 nitrogen and oxygen atoms in total. The highest BCUT2D eigenvalue weighted by Crippen LogP contribution is 2.37. The standard InChI is InChI=1S/C31H25NO.C7H12.C3H8.2CH4O/c1-21-14-15-30(26-10-2-6-22(17-26)24-8-4-12-28(32)19-24)31(16-21)27-11-3-7-23(18-27)25-9-5-13-29(33)20-25;1-3-5-7-6-4-2;1-3-2;2*1-2/h2-20,33H,32H2,1H3;3,5-7H,4H2,1-2H3;3H2,1-2H3;2*2H,1H3/b;5-3-,7-6-;;;. The van der Waals surface area contributed by atoms with Gasteiger partial charge in [0.25, 0.3) is 0 Å². The smallest absolute Gasteiger partial charge is 0.116 e. The number of anilines is 1. The molecule has 0 atom stereocenters. The van der Waals surface area contributed by atoms with Crippen LogP contribution in [0.25, 0.3) is 44.5 Å². The Balaban J connectivity index is 0.000000677. The number of benzene rings is 5. The molecular formula is C43H53NO3. The minimum Gasteiger partial charge on any atom is -0.508 e. The third-order valence-corrected chi connectivity index (χ3v) is 6.60. The minimum absolute atomic E-state index is 0.271. The quantitative estimate of drug-likeness (QED) is 0.111. The molecule has 5 aromatic carbocycles.